The minimum atomic E-state index is -0.384. The molecule has 0 saturated carbocycles. The molecule has 1 atom stereocenters. The lowest BCUT2D eigenvalue weighted by atomic mass is 10.1. The highest BCUT2D eigenvalue weighted by atomic mass is 19.1. The Labute approximate surface area is 140 Å². The van der Waals surface area contributed by atoms with Gasteiger partial charge in [0.05, 0.1) is 11.6 Å². The predicted octanol–water partition coefficient (Wildman–Crippen LogP) is 2.46. The molecule has 2 rings (SSSR count). The van der Waals surface area contributed by atoms with Crippen LogP contribution in [0.2, 0.25) is 0 Å². The molecule has 0 aliphatic heterocycles. The lowest BCUT2D eigenvalue weighted by Crippen LogP contribution is -2.39. The van der Waals surface area contributed by atoms with Crippen molar-refractivity contribution in [1.82, 2.24) is 14.8 Å². The number of anilines is 1. The highest BCUT2D eigenvalue weighted by Crippen LogP contribution is 2.19. The Bertz CT molecular complexity index is 715. The molecule has 0 radical (unpaired) electrons. The number of carbonyl (C=O) groups is 2. The third-order valence-electron chi connectivity index (χ3n) is 3.67. The van der Waals surface area contributed by atoms with Gasteiger partial charge in [-0.2, -0.15) is 0 Å². The summed E-state index contributed by atoms with van der Waals surface area (Å²) in [5, 5.41) is 5.26. The summed E-state index contributed by atoms with van der Waals surface area (Å²) in [4.78, 5) is 25.2. The second kappa shape index (κ2) is 7.63. The molecule has 3 amide bonds. The van der Waals surface area contributed by atoms with Crippen molar-refractivity contribution in [3.63, 3.8) is 0 Å². The fraction of sp³-hybridized carbons (Fsp3) is 0.294. The Hall–Kier alpha value is -2.83. The molecule has 24 heavy (non-hydrogen) atoms. The second-order valence-corrected chi connectivity index (χ2v) is 5.58. The SMILES string of the molecule is CNC(=O)[C@@H](C)CN(C)C(=O)Nc1ccc(F)c(-n2cccc2)c1. The van der Waals surface area contributed by atoms with Gasteiger partial charge in [-0.15, -0.1) is 0 Å². The lowest BCUT2D eigenvalue weighted by molar-refractivity contribution is -0.124. The molecule has 128 valence electrons. The Balaban J connectivity index is 2.06. The van der Waals surface area contributed by atoms with Crippen LogP contribution in [-0.4, -0.2) is 42.0 Å². The Morgan fingerprint density at radius 1 is 1.29 bits per heavy atom. The topological polar surface area (TPSA) is 66.4 Å². The second-order valence-electron chi connectivity index (χ2n) is 5.58. The van der Waals surface area contributed by atoms with Crippen LogP contribution in [0.15, 0.2) is 42.7 Å². The molecule has 0 aliphatic rings. The van der Waals surface area contributed by atoms with E-state index in [4.69, 9.17) is 0 Å². The van der Waals surface area contributed by atoms with Crippen LogP contribution in [-0.2, 0) is 4.79 Å². The summed E-state index contributed by atoms with van der Waals surface area (Å²) in [5.74, 6) is -0.841. The molecular formula is C17H21FN4O2. The molecule has 7 heteroatoms. The average Bonchev–Trinajstić information content (AvgIpc) is 3.09. The number of hydrogen-bond donors (Lipinski definition) is 2. The largest absolute Gasteiger partial charge is 0.359 e. The molecule has 0 unspecified atom stereocenters. The van der Waals surface area contributed by atoms with Crippen molar-refractivity contribution in [2.45, 2.75) is 6.92 Å². The summed E-state index contributed by atoms with van der Waals surface area (Å²) in [6, 6.07) is 7.57. The zero-order valence-electron chi connectivity index (χ0n) is 13.9. The van der Waals surface area contributed by atoms with E-state index in [0.717, 1.165) is 0 Å². The van der Waals surface area contributed by atoms with Crippen LogP contribution >= 0.6 is 0 Å². The van der Waals surface area contributed by atoms with E-state index in [2.05, 4.69) is 10.6 Å². The van der Waals surface area contributed by atoms with E-state index in [0.29, 0.717) is 11.4 Å². The van der Waals surface area contributed by atoms with E-state index < -0.39 is 0 Å². The summed E-state index contributed by atoms with van der Waals surface area (Å²) < 4.78 is 15.6. The Morgan fingerprint density at radius 3 is 2.58 bits per heavy atom. The Kier molecular flexibility index (Phi) is 5.57. The molecular weight excluding hydrogens is 311 g/mol. The zero-order valence-corrected chi connectivity index (χ0v) is 13.9. The third-order valence-corrected chi connectivity index (χ3v) is 3.67. The number of halogens is 1. The number of benzene rings is 1. The van der Waals surface area contributed by atoms with E-state index in [-0.39, 0.29) is 30.2 Å². The number of amides is 3. The van der Waals surface area contributed by atoms with Crippen molar-refractivity contribution in [2.75, 3.05) is 26.0 Å². The van der Waals surface area contributed by atoms with E-state index in [1.807, 2.05) is 0 Å². The molecule has 0 fully saturated rings. The smallest absolute Gasteiger partial charge is 0.321 e. The maximum Gasteiger partial charge on any atom is 0.321 e. The molecule has 0 aliphatic carbocycles. The standard InChI is InChI=1S/C17H21FN4O2/c1-12(16(23)19-2)11-21(3)17(24)20-13-6-7-14(18)15(10-13)22-8-4-5-9-22/h4-10,12H,11H2,1-3H3,(H,19,23)(H,20,24)/t12-/m0/s1. The van der Waals surface area contributed by atoms with Gasteiger partial charge in [-0.1, -0.05) is 6.92 Å². The van der Waals surface area contributed by atoms with E-state index >= 15 is 0 Å². The van der Waals surface area contributed by atoms with Gasteiger partial charge in [0.25, 0.3) is 0 Å². The first-order chi connectivity index (χ1) is 11.4. The maximum atomic E-state index is 13.9. The van der Waals surface area contributed by atoms with Crippen LogP contribution in [0.3, 0.4) is 0 Å². The van der Waals surface area contributed by atoms with E-state index in [1.54, 1.807) is 56.2 Å². The first-order valence-electron chi connectivity index (χ1n) is 7.59. The first kappa shape index (κ1) is 17.5. The summed E-state index contributed by atoms with van der Waals surface area (Å²) in [6.45, 7) is 2.02. The van der Waals surface area contributed by atoms with Crippen molar-refractivity contribution in [2.24, 2.45) is 5.92 Å². The van der Waals surface area contributed by atoms with Crippen LogP contribution in [0.25, 0.3) is 5.69 Å². The maximum absolute atomic E-state index is 13.9. The predicted molar refractivity (Wildman–Crippen MR) is 90.6 cm³/mol. The molecule has 0 spiro atoms. The van der Waals surface area contributed by atoms with Crippen LogP contribution in [0.5, 0.6) is 0 Å². The molecule has 6 nitrogen and oxygen atoms in total. The van der Waals surface area contributed by atoms with Crippen LogP contribution in [0, 0.1) is 11.7 Å². The van der Waals surface area contributed by atoms with E-state index in [1.165, 1.54) is 17.0 Å². The molecule has 0 saturated heterocycles. The summed E-state index contributed by atoms with van der Waals surface area (Å²) in [7, 11) is 3.16. The van der Waals surface area contributed by atoms with Crippen molar-refractivity contribution in [3.05, 3.63) is 48.5 Å². The van der Waals surface area contributed by atoms with Gasteiger partial charge in [0.1, 0.15) is 5.82 Å². The number of aromatic nitrogens is 1. The minimum Gasteiger partial charge on any atom is -0.359 e. The van der Waals surface area contributed by atoms with Crippen molar-refractivity contribution >= 4 is 17.6 Å². The number of rotatable bonds is 5. The number of hydrogen-bond acceptors (Lipinski definition) is 2. The van der Waals surface area contributed by atoms with Crippen molar-refractivity contribution in [1.29, 1.82) is 0 Å². The van der Waals surface area contributed by atoms with Gasteiger partial charge >= 0.3 is 6.03 Å². The average molecular weight is 332 g/mol. The monoisotopic (exact) mass is 332 g/mol. The fourth-order valence-corrected chi connectivity index (χ4v) is 2.33. The molecule has 2 aromatic rings. The van der Waals surface area contributed by atoms with Crippen LogP contribution in [0.1, 0.15) is 6.92 Å². The highest BCUT2D eigenvalue weighted by Gasteiger charge is 2.17. The molecule has 1 aromatic heterocycles. The van der Waals surface area contributed by atoms with Gasteiger partial charge < -0.3 is 20.1 Å². The molecule has 1 aromatic carbocycles. The number of nitrogens with zero attached hydrogens (tertiary/aromatic N) is 2. The highest BCUT2D eigenvalue weighted by molar-refractivity contribution is 5.90. The molecule has 1 heterocycles. The number of carbonyl (C=O) groups excluding carboxylic acids is 2. The Morgan fingerprint density at radius 2 is 1.96 bits per heavy atom. The zero-order chi connectivity index (χ0) is 17.7. The van der Waals surface area contributed by atoms with E-state index in [9.17, 15) is 14.0 Å². The number of nitrogens with one attached hydrogen (secondary N) is 2. The number of urea groups is 1. The summed E-state index contributed by atoms with van der Waals surface area (Å²) in [5.41, 5.74) is 0.823. The van der Waals surface area contributed by atoms with Crippen molar-refractivity contribution in [3.8, 4) is 5.69 Å². The van der Waals surface area contributed by atoms with Gasteiger partial charge in [-0.3, -0.25) is 4.79 Å². The first-order valence-corrected chi connectivity index (χ1v) is 7.59. The molecule has 0 bridgehead atoms. The fourth-order valence-electron chi connectivity index (χ4n) is 2.33. The van der Waals surface area contributed by atoms with Gasteiger partial charge in [-0.05, 0) is 30.3 Å². The quantitative estimate of drug-likeness (QED) is 0.883. The summed E-state index contributed by atoms with van der Waals surface area (Å²) in [6.07, 6.45) is 3.45. The van der Waals surface area contributed by atoms with Crippen molar-refractivity contribution < 1.29 is 14.0 Å². The van der Waals surface area contributed by atoms with Gasteiger partial charge in [0.2, 0.25) is 5.91 Å². The van der Waals surface area contributed by atoms with Crippen LogP contribution in [0.4, 0.5) is 14.9 Å². The van der Waals surface area contributed by atoms with Gasteiger partial charge in [0.15, 0.2) is 0 Å². The molecule has 2 N–H and O–H groups in total. The lowest BCUT2D eigenvalue weighted by Gasteiger charge is -2.21. The van der Waals surface area contributed by atoms with Crippen LogP contribution < -0.4 is 10.6 Å². The normalized spacial score (nSPS) is 11.7. The third kappa shape index (κ3) is 4.13. The van der Waals surface area contributed by atoms with Gasteiger partial charge in [0, 0.05) is 38.7 Å². The van der Waals surface area contributed by atoms with Gasteiger partial charge in [-0.25, -0.2) is 9.18 Å². The minimum absolute atomic E-state index is 0.133. The summed E-state index contributed by atoms with van der Waals surface area (Å²) >= 11 is 0.